The Hall–Kier alpha value is -1.81. The summed E-state index contributed by atoms with van der Waals surface area (Å²) in [5, 5.41) is 2.45. The molecule has 2 aromatic carbocycles. The molecule has 5 rings (SSSR count). The van der Waals surface area contributed by atoms with Crippen LogP contribution in [0.3, 0.4) is 0 Å². The minimum Gasteiger partial charge on any atom is -0.347 e. The number of carbonyl (C=O) groups is 1. The SMILES string of the molecule is NC1CCC(CC(=O)CC(c2cc(Cl)cc(Cl)c2)c2cn(CC3CCCCC3)c3ccccc23)CC1. The van der Waals surface area contributed by atoms with Gasteiger partial charge in [-0.1, -0.05) is 60.7 Å². The molecule has 2 aliphatic rings. The maximum atomic E-state index is 13.5. The number of hydrogen-bond donors (Lipinski definition) is 1. The second kappa shape index (κ2) is 11.7. The van der Waals surface area contributed by atoms with Crippen LogP contribution in [0.4, 0.5) is 0 Å². The number of benzene rings is 2. The molecule has 0 saturated heterocycles. The molecule has 192 valence electrons. The smallest absolute Gasteiger partial charge is 0.134 e. The summed E-state index contributed by atoms with van der Waals surface area (Å²) >= 11 is 12.9. The Bertz CT molecular complexity index is 1170. The number of ketones is 1. The first kappa shape index (κ1) is 25.8. The van der Waals surface area contributed by atoms with E-state index in [4.69, 9.17) is 28.9 Å². The van der Waals surface area contributed by atoms with Crippen molar-refractivity contribution in [2.24, 2.45) is 17.6 Å². The van der Waals surface area contributed by atoms with Crippen LogP contribution >= 0.6 is 23.2 Å². The molecule has 5 heteroatoms. The zero-order valence-electron chi connectivity index (χ0n) is 21.1. The van der Waals surface area contributed by atoms with Crippen LogP contribution in [0.2, 0.25) is 10.0 Å². The molecule has 1 atom stereocenters. The zero-order valence-corrected chi connectivity index (χ0v) is 22.6. The Balaban J connectivity index is 1.47. The molecular weight excluding hydrogens is 487 g/mol. The van der Waals surface area contributed by atoms with Gasteiger partial charge in [0.2, 0.25) is 0 Å². The Morgan fingerprint density at radius 3 is 2.33 bits per heavy atom. The predicted octanol–water partition coefficient (Wildman–Crippen LogP) is 8.53. The van der Waals surface area contributed by atoms with Gasteiger partial charge in [-0.3, -0.25) is 4.79 Å². The highest BCUT2D eigenvalue weighted by Crippen LogP contribution is 2.39. The first-order chi connectivity index (χ1) is 17.5. The van der Waals surface area contributed by atoms with Crippen molar-refractivity contribution in [1.82, 2.24) is 4.57 Å². The molecule has 1 heterocycles. The number of fused-ring (bicyclic) bond motifs is 1. The lowest BCUT2D eigenvalue weighted by Gasteiger charge is -2.26. The summed E-state index contributed by atoms with van der Waals surface area (Å²) in [6, 6.07) is 14.7. The maximum absolute atomic E-state index is 13.5. The van der Waals surface area contributed by atoms with E-state index >= 15 is 0 Å². The van der Waals surface area contributed by atoms with Crippen LogP contribution in [0, 0.1) is 11.8 Å². The van der Waals surface area contributed by atoms with E-state index in [1.165, 1.54) is 48.6 Å². The van der Waals surface area contributed by atoms with E-state index in [1.807, 2.05) is 12.1 Å². The highest BCUT2D eigenvalue weighted by molar-refractivity contribution is 6.34. The fourth-order valence-corrected chi connectivity index (χ4v) is 7.10. The summed E-state index contributed by atoms with van der Waals surface area (Å²) in [4.78, 5) is 13.5. The Morgan fingerprint density at radius 1 is 0.917 bits per heavy atom. The molecule has 3 nitrogen and oxygen atoms in total. The van der Waals surface area contributed by atoms with Gasteiger partial charge in [0.05, 0.1) is 0 Å². The first-order valence-electron chi connectivity index (χ1n) is 13.8. The summed E-state index contributed by atoms with van der Waals surface area (Å²) in [6.07, 6.45) is 14.2. The van der Waals surface area contributed by atoms with E-state index in [-0.39, 0.29) is 5.92 Å². The molecule has 36 heavy (non-hydrogen) atoms. The predicted molar refractivity (Wildman–Crippen MR) is 151 cm³/mol. The van der Waals surface area contributed by atoms with E-state index in [2.05, 4.69) is 35.0 Å². The normalized spacial score (nSPS) is 22.1. The maximum Gasteiger partial charge on any atom is 0.134 e. The van der Waals surface area contributed by atoms with E-state index in [1.54, 1.807) is 6.07 Å². The molecule has 2 aliphatic carbocycles. The molecule has 1 unspecified atom stereocenters. The summed E-state index contributed by atoms with van der Waals surface area (Å²) < 4.78 is 2.44. The van der Waals surface area contributed by atoms with E-state index in [0.29, 0.717) is 40.6 Å². The third-order valence-corrected chi connectivity index (χ3v) is 8.94. The molecule has 3 aromatic rings. The van der Waals surface area contributed by atoms with Crippen molar-refractivity contribution >= 4 is 39.9 Å². The van der Waals surface area contributed by atoms with Crippen LogP contribution in [0.1, 0.15) is 87.7 Å². The van der Waals surface area contributed by atoms with Crippen molar-refractivity contribution < 1.29 is 4.79 Å². The Morgan fingerprint density at radius 2 is 1.61 bits per heavy atom. The number of carbonyl (C=O) groups excluding carboxylic acids is 1. The highest BCUT2D eigenvalue weighted by Gasteiger charge is 2.27. The third kappa shape index (κ3) is 6.18. The average Bonchev–Trinajstić information content (AvgIpc) is 3.22. The number of halogens is 2. The molecular formula is C31H38Cl2N2O. The van der Waals surface area contributed by atoms with Gasteiger partial charge >= 0.3 is 0 Å². The monoisotopic (exact) mass is 524 g/mol. The number of aromatic nitrogens is 1. The van der Waals surface area contributed by atoms with Gasteiger partial charge in [-0.05, 0) is 85.8 Å². The number of nitrogens with two attached hydrogens (primary N) is 1. The van der Waals surface area contributed by atoms with E-state index in [9.17, 15) is 4.79 Å². The lowest BCUT2D eigenvalue weighted by molar-refractivity contribution is -0.120. The molecule has 1 aromatic heterocycles. The van der Waals surface area contributed by atoms with Gasteiger partial charge in [0.1, 0.15) is 5.78 Å². The van der Waals surface area contributed by atoms with Crippen molar-refractivity contribution in [3.8, 4) is 0 Å². The van der Waals surface area contributed by atoms with Gasteiger partial charge in [-0.15, -0.1) is 0 Å². The summed E-state index contributed by atoms with van der Waals surface area (Å²) in [5.41, 5.74) is 9.58. The van der Waals surface area contributed by atoms with Crippen LogP contribution in [-0.4, -0.2) is 16.4 Å². The van der Waals surface area contributed by atoms with Crippen LogP contribution in [0.25, 0.3) is 10.9 Å². The van der Waals surface area contributed by atoms with Gasteiger partial charge in [-0.25, -0.2) is 0 Å². The summed E-state index contributed by atoms with van der Waals surface area (Å²) in [6.45, 7) is 1.04. The molecule has 2 N–H and O–H groups in total. The number of Topliss-reactive ketones (excluding diaryl/α,β-unsaturated/α-hetero) is 1. The number of para-hydroxylation sites is 1. The number of rotatable bonds is 8. The fraction of sp³-hybridized carbons (Fsp3) is 0.516. The minimum absolute atomic E-state index is 0.0722. The van der Waals surface area contributed by atoms with Crippen LogP contribution < -0.4 is 5.73 Å². The molecule has 2 saturated carbocycles. The molecule has 0 bridgehead atoms. The van der Waals surface area contributed by atoms with Gasteiger partial charge < -0.3 is 10.3 Å². The highest BCUT2D eigenvalue weighted by atomic mass is 35.5. The minimum atomic E-state index is -0.0722. The lowest BCUT2D eigenvalue weighted by atomic mass is 9.80. The standard InChI is InChI=1S/C31H38Cl2N2O/c32-24-15-23(16-25(33)17-24)29(18-27(36)14-21-10-12-26(34)13-11-21)30-20-35(19-22-6-2-1-3-7-22)31-9-5-4-8-28(30)31/h4-5,8-9,15-17,20-22,26,29H,1-3,6-7,10-14,18-19,34H2. The molecule has 0 radical (unpaired) electrons. The zero-order chi connectivity index (χ0) is 25.1. The molecule has 0 spiro atoms. The molecule has 0 amide bonds. The Kier molecular flexibility index (Phi) is 8.40. The second-order valence-corrected chi connectivity index (χ2v) is 12.1. The van der Waals surface area contributed by atoms with Crippen molar-refractivity contribution in [1.29, 1.82) is 0 Å². The summed E-state index contributed by atoms with van der Waals surface area (Å²) in [7, 11) is 0. The van der Waals surface area contributed by atoms with Gasteiger partial charge in [0.25, 0.3) is 0 Å². The van der Waals surface area contributed by atoms with E-state index < -0.39 is 0 Å². The largest absolute Gasteiger partial charge is 0.347 e. The van der Waals surface area contributed by atoms with Crippen molar-refractivity contribution in [2.45, 2.75) is 89.1 Å². The summed E-state index contributed by atoms with van der Waals surface area (Å²) in [5.74, 6) is 1.42. The quantitative estimate of drug-likeness (QED) is 0.320. The van der Waals surface area contributed by atoms with Crippen molar-refractivity contribution in [2.75, 3.05) is 0 Å². The Labute approximate surface area is 225 Å². The topological polar surface area (TPSA) is 48.0 Å². The van der Waals surface area contributed by atoms with Gasteiger partial charge in [0, 0.05) is 58.5 Å². The lowest BCUT2D eigenvalue weighted by Crippen LogP contribution is -2.27. The first-order valence-corrected chi connectivity index (χ1v) is 14.5. The second-order valence-electron chi connectivity index (χ2n) is 11.2. The van der Waals surface area contributed by atoms with Gasteiger partial charge in [0.15, 0.2) is 0 Å². The average molecular weight is 526 g/mol. The van der Waals surface area contributed by atoms with Crippen LogP contribution in [0.5, 0.6) is 0 Å². The van der Waals surface area contributed by atoms with Crippen molar-refractivity contribution in [3.05, 3.63) is 69.8 Å². The molecule has 0 aliphatic heterocycles. The van der Waals surface area contributed by atoms with Crippen LogP contribution in [0.15, 0.2) is 48.7 Å². The fourth-order valence-electron chi connectivity index (χ4n) is 6.56. The third-order valence-electron chi connectivity index (χ3n) is 8.50. The molecule has 2 fully saturated rings. The number of nitrogens with zero attached hydrogens (tertiary/aromatic N) is 1. The van der Waals surface area contributed by atoms with Crippen LogP contribution in [-0.2, 0) is 11.3 Å². The van der Waals surface area contributed by atoms with E-state index in [0.717, 1.165) is 43.7 Å². The van der Waals surface area contributed by atoms with Crippen molar-refractivity contribution in [3.63, 3.8) is 0 Å². The van der Waals surface area contributed by atoms with Gasteiger partial charge in [-0.2, -0.15) is 0 Å². The number of hydrogen-bond acceptors (Lipinski definition) is 2.